The Morgan fingerprint density at radius 1 is 0.955 bits per heavy atom. The lowest BCUT2D eigenvalue weighted by molar-refractivity contribution is 0.305. The van der Waals surface area contributed by atoms with Crippen LogP contribution in [0, 0.1) is 39.0 Å². The molecule has 0 saturated carbocycles. The summed E-state index contributed by atoms with van der Waals surface area (Å²) in [6.45, 7) is 8.80. The number of aryl methyl sites for hydroxylation is 4. The van der Waals surface area contributed by atoms with Crippen molar-refractivity contribution in [2.75, 3.05) is 6.61 Å². The molecule has 0 aliphatic heterocycles. The summed E-state index contributed by atoms with van der Waals surface area (Å²) >= 11 is 0. The maximum atomic E-state index is 9.47. The Hall–Kier alpha value is -2.27. The van der Waals surface area contributed by atoms with Gasteiger partial charge in [-0.3, -0.25) is 0 Å². The lowest BCUT2D eigenvalue weighted by Crippen LogP contribution is -2.06. The highest BCUT2D eigenvalue weighted by molar-refractivity contribution is 5.36. The maximum absolute atomic E-state index is 9.47. The molecule has 0 aliphatic carbocycles. The van der Waals surface area contributed by atoms with Gasteiger partial charge in [-0.2, -0.15) is 5.26 Å². The summed E-state index contributed by atoms with van der Waals surface area (Å²) in [6.07, 6.45) is 0.702. The number of nitriles is 1. The zero-order chi connectivity index (χ0) is 16.1. The number of benzene rings is 2. The van der Waals surface area contributed by atoms with Gasteiger partial charge in [0.15, 0.2) is 0 Å². The molecule has 0 amide bonds. The van der Waals surface area contributed by atoms with Crippen molar-refractivity contribution in [1.82, 2.24) is 0 Å². The van der Waals surface area contributed by atoms with E-state index < -0.39 is 0 Å². The van der Waals surface area contributed by atoms with Gasteiger partial charge in [0.05, 0.1) is 18.6 Å². The Morgan fingerprint density at radius 2 is 1.64 bits per heavy atom. The molecule has 0 heterocycles. The number of nitrogens with zero attached hydrogens (tertiary/aromatic N) is 1. The van der Waals surface area contributed by atoms with E-state index in [2.05, 4.69) is 58.0 Å². The minimum Gasteiger partial charge on any atom is -0.494 e. The van der Waals surface area contributed by atoms with E-state index in [0.29, 0.717) is 13.0 Å². The first-order valence-corrected chi connectivity index (χ1v) is 7.67. The van der Waals surface area contributed by atoms with Gasteiger partial charge in [-0.25, -0.2) is 0 Å². The van der Waals surface area contributed by atoms with Gasteiger partial charge in [-0.05, 0) is 62.1 Å². The third kappa shape index (κ3) is 4.11. The second-order valence-corrected chi connectivity index (χ2v) is 6.00. The van der Waals surface area contributed by atoms with Crippen LogP contribution in [0.15, 0.2) is 36.4 Å². The standard InChI is InChI=1S/C20H23NO/c1-14-5-6-17(4)20(12-14)18(13-21)7-8-22-19-10-15(2)9-16(3)11-19/h5-6,9-12,18H,7-8H2,1-4H3. The Labute approximate surface area is 133 Å². The Balaban J connectivity index is 2.03. The third-order valence-electron chi connectivity index (χ3n) is 3.84. The van der Waals surface area contributed by atoms with Crippen LogP contribution in [-0.4, -0.2) is 6.61 Å². The maximum Gasteiger partial charge on any atom is 0.119 e. The van der Waals surface area contributed by atoms with Crippen LogP contribution < -0.4 is 4.74 Å². The number of hydrogen-bond donors (Lipinski definition) is 0. The molecule has 22 heavy (non-hydrogen) atoms. The molecule has 0 saturated heterocycles. The average molecular weight is 293 g/mol. The topological polar surface area (TPSA) is 33.0 Å². The molecular weight excluding hydrogens is 270 g/mol. The van der Waals surface area contributed by atoms with Gasteiger partial charge in [0.25, 0.3) is 0 Å². The van der Waals surface area contributed by atoms with E-state index in [-0.39, 0.29) is 5.92 Å². The normalized spacial score (nSPS) is 11.8. The molecule has 2 aromatic rings. The highest BCUT2D eigenvalue weighted by Crippen LogP contribution is 2.24. The van der Waals surface area contributed by atoms with Crippen molar-refractivity contribution in [3.63, 3.8) is 0 Å². The molecule has 2 rings (SSSR count). The molecule has 1 atom stereocenters. The molecule has 0 aromatic heterocycles. The second-order valence-electron chi connectivity index (χ2n) is 6.00. The summed E-state index contributed by atoms with van der Waals surface area (Å²) in [6, 6.07) is 14.9. The van der Waals surface area contributed by atoms with Crippen molar-refractivity contribution in [2.45, 2.75) is 40.0 Å². The van der Waals surface area contributed by atoms with Gasteiger partial charge >= 0.3 is 0 Å². The summed E-state index contributed by atoms with van der Waals surface area (Å²) in [5, 5.41) is 9.47. The van der Waals surface area contributed by atoms with Gasteiger partial charge in [0, 0.05) is 6.42 Å². The van der Waals surface area contributed by atoms with Gasteiger partial charge in [0.1, 0.15) is 5.75 Å². The van der Waals surface area contributed by atoms with Crippen molar-refractivity contribution in [1.29, 1.82) is 5.26 Å². The van der Waals surface area contributed by atoms with E-state index in [1.165, 1.54) is 22.3 Å². The first-order valence-electron chi connectivity index (χ1n) is 7.67. The van der Waals surface area contributed by atoms with E-state index in [9.17, 15) is 5.26 Å². The smallest absolute Gasteiger partial charge is 0.119 e. The number of hydrogen-bond acceptors (Lipinski definition) is 2. The van der Waals surface area contributed by atoms with Crippen LogP contribution in [0.1, 0.15) is 40.2 Å². The zero-order valence-electron chi connectivity index (χ0n) is 13.8. The van der Waals surface area contributed by atoms with Crippen molar-refractivity contribution in [2.24, 2.45) is 0 Å². The fourth-order valence-corrected chi connectivity index (χ4v) is 2.74. The van der Waals surface area contributed by atoms with E-state index in [0.717, 1.165) is 11.3 Å². The molecule has 0 fully saturated rings. The number of ether oxygens (including phenoxy) is 1. The predicted octanol–water partition coefficient (Wildman–Crippen LogP) is 5.00. The average Bonchev–Trinajstić information content (AvgIpc) is 2.45. The fraction of sp³-hybridized carbons (Fsp3) is 0.350. The van der Waals surface area contributed by atoms with Crippen LogP contribution >= 0.6 is 0 Å². The van der Waals surface area contributed by atoms with Crippen LogP contribution in [0.5, 0.6) is 5.75 Å². The van der Waals surface area contributed by atoms with Gasteiger partial charge in [0.2, 0.25) is 0 Å². The Morgan fingerprint density at radius 3 is 2.27 bits per heavy atom. The summed E-state index contributed by atoms with van der Waals surface area (Å²) in [5.74, 6) is 0.765. The molecule has 114 valence electrons. The van der Waals surface area contributed by atoms with Crippen LogP contribution in [-0.2, 0) is 0 Å². The Kier molecular flexibility index (Phi) is 5.22. The molecule has 2 heteroatoms. The van der Waals surface area contributed by atoms with E-state index in [1.807, 2.05) is 12.1 Å². The van der Waals surface area contributed by atoms with Crippen LogP contribution in [0.4, 0.5) is 0 Å². The lowest BCUT2D eigenvalue weighted by Gasteiger charge is -2.14. The monoisotopic (exact) mass is 293 g/mol. The van der Waals surface area contributed by atoms with Crippen molar-refractivity contribution >= 4 is 0 Å². The highest BCUT2D eigenvalue weighted by atomic mass is 16.5. The number of rotatable bonds is 5. The summed E-state index contributed by atoms with van der Waals surface area (Å²) in [5.41, 5.74) is 5.87. The lowest BCUT2D eigenvalue weighted by atomic mass is 9.92. The second kappa shape index (κ2) is 7.13. The summed E-state index contributed by atoms with van der Waals surface area (Å²) < 4.78 is 5.84. The van der Waals surface area contributed by atoms with Crippen molar-refractivity contribution in [3.05, 3.63) is 64.2 Å². The molecule has 2 aromatic carbocycles. The minimum atomic E-state index is -0.120. The largest absolute Gasteiger partial charge is 0.494 e. The van der Waals surface area contributed by atoms with Gasteiger partial charge in [-0.1, -0.05) is 29.8 Å². The molecule has 0 bridgehead atoms. The molecule has 0 spiro atoms. The van der Waals surface area contributed by atoms with E-state index in [4.69, 9.17) is 4.74 Å². The molecule has 1 unspecified atom stereocenters. The molecule has 0 radical (unpaired) electrons. The van der Waals surface area contributed by atoms with Crippen LogP contribution in [0.25, 0.3) is 0 Å². The fourth-order valence-electron chi connectivity index (χ4n) is 2.74. The van der Waals surface area contributed by atoms with Crippen molar-refractivity contribution < 1.29 is 4.74 Å². The summed E-state index contributed by atoms with van der Waals surface area (Å²) in [7, 11) is 0. The van der Waals surface area contributed by atoms with E-state index in [1.54, 1.807) is 0 Å². The third-order valence-corrected chi connectivity index (χ3v) is 3.84. The van der Waals surface area contributed by atoms with E-state index >= 15 is 0 Å². The zero-order valence-corrected chi connectivity index (χ0v) is 13.8. The van der Waals surface area contributed by atoms with Gasteiger partial charge in [-0.15, -0.1) is 0 Å². The van der Waals surface area contributed by atoms with Crippen molar-refractivity contribution in [3.8, 4) is 11.8 Å². The summed E-state index contributed by atoms with van der Waals surface area (Å²) in [4.78, 5) is 0. The first-order chi connectivity index (χ1) is 10.5. The Bertz CT molecular complexity index is 677. The van der Waals surface area contributed by atoms with Gasteiger partial charge < -0.3 is 4.74 Å². The quantitative estimate of drug-likeness (QED) is 0.777. The first kappa shape index (κ1) is 16.1. The molecule has 0 aliphatic rings. The minimum absolute atomic E-state index is 0.120. The highest BCUT2D eigenvalue weighted by Gasteiger charge is 2.13. The molecular formula is C20H23NO. The molecule has 0 N–H and O–H groups in total. The SMILES string of the molecule is Cc1cc(C)cc(OCCC(C#N)c2cc(C)ccc2C)c1. The van der Waals surface area contributed by atoms with Crippen LogP contribution in [0.2, 0.25) is 0 Å². The predicted molar refractivity (Wildman–Crippen MR) is 90.3 cm³/mol. The van der Waals surface area contributed by atoms with Crippen LogP contribution in [0.3, 0.4) is 0 Å². The molecule has 2 nitrogen and oxygen atoms in total.